The summed E-state index contributed by atoms with van der Waals surface area (Å²) in [6.07, 6.45) is 5.66. The number of anilines is 1. The van der Waals surface area contributed by atoms with Gasteiger partial charge in [-0.05, 0) is 75.9 Å². The monoisotopic (exact) mass is 357 g/mol. The van der Waals surface area contributed by atoms with Crippen molar-refractivity contribution in [1.82, 2.24) is 9.80 Å². The molecule has 0 saturated carbocycles. The van der Waals surface area contributed by atoms with Crippen molar-refractivity contribution in [1.29, 1.82) is 0 Å². The molecule has 1 aromatic rings. The van der Waals surface area contributed by atoms with Crippen LogP contribution in [0.3, 0.4) is 0 Å². The van der Waals surface area contributed by atoms with E-state index in [1.54, 1.807) is 24.3 Å². The molecule has 3 saturated heterocycles. The molecule has 0 aromatic heterocycles. The third-order valence-electron chi connectivity index (χ3n) is 6.33. The summed E-state index contributed by atoms with van der Waals surface area (Å²) in [4.78, 5) is 30.0. The molecule has 3 fully saturated rings. The maximum Gasteiger partial charge on any atom is 0.243 e. The van der Waals surface area contributed by atoms with Crippen LogP contribution in [0.5, 0.6) is 5.75 Å². The number of fused-ring (bicyclic) bond motifs is 1. The summed E-state index contributed by atoms with van der Waals surface area (Å²) in [7, 11) is 0. The van der Waals surface area contributed by atoms with E-state index < -0.39 is 0 Å². The Bertz CT molecular complexity index is 670. The van der Waals surface area contributed by atoms with Gasteiger partial charge in [0.1, 0.15) is 11.3 Å². The fourth-order valence-electron chi connectivity index (χ4n) is 4.88. The van der Waals surface area contributed by atoms with Gasteiger partial charge >= 0.3 is 0 Å². The lowest BCUT2D eigenvalue weighted by Gasteiger charge is -2.39. The smallest absolute Gasteiger partial charge is 0.243 e. The predicted molar refractivity (Wildman–Crippen MR) is 98.8 cm³/mol. The first-order valence-electron chi connectivity index (χ1n) is 9.73. The van der Waals surface area contributed by atoms with Crippen LogP contribution in [0.4, 0.5) is 5.69 Å². The van der Waals surface area contributed by atoms with Crippen LogP contribution in [-0.2, 0) is 9.59 Å². The van der Waals surface area contributed by atoms with Crippen LogP contribution in [0.2, 0.25) is 0 Å². The highest BCUT2D eigenvalue weighted by Crippen LogP contribution is 2.40. The van der Waals surface area contributed by atoms with Gasteiger partial charge in [-0.25, -0.2) is 0 Å². The number of carbonyl (C=O) groups excluding carboxylic acids is 2. The minimum absolute atomic E-state index is 0.00399. The zero-order valence-corrected chi connectivity index (χ0v) is 15.1. The van der Waals surface area contributed by atoms with Crippen molar-refractivity contribution in [3.8, 4) is 5.75 Å². The van der Waals surface area contributed by atoms with Crippen molar-refractivity contribution in [2.24, 2.45) is 5.92 Å². The van der Waals surface area contributed by atoms with Crippen LogP contribution >= 0.6 is 0 Å². The number of phenolic OH excluding ortho intramolecular Hbond substituents is 1. The van der Waals surface area contributed by atoms with Gasteiger partial charge in [-0.15, -0.1) is 0 Å². The SMILES string of the molecule is O=C(Nc1ccc(O)cc1)C1CCN(C(=O)C23CCCN2CCC3)CC1. The summed E-state index contributed by atoms with van der Waals surface area (Å²) in [6.45, 7) is 3.44. The van der Waals surface area contributed by atoms with Crippen molar-refractivity contribution in [3.05, 3.63) is 24.3 Å². The molecule has 26 heavy (non-hydrogen) atoms. The molecule has 2 amide bonds. The Morgan fingerprint density at radius 1 is 1.00 bits per heavy atom. The molecular formula is C20H27N3O3. The number of likely N-dealkylation sites (tertiary alicyclic amines) is 1. The maximum atomic E-state index is 13.2. The zero-order valence-electron chi connectivity index (χ0n) is 15.1. The minimum atomic E-state index is -0.235. The second-order valence-corrected chi connectivity index (χ2v) is 7.83. The van der Waals surface area contributed by atoms with Crippen molar-refractivity contribution in [2.45, 2.75) is 44.1 Å². The van der Waals surface area contributed by atoms with Gasteiger partial charge in [0.15, 0.2) is 0 Å². The van der Waals surface area contributed by atoms with Crippen LogP contribution in [0, 0.1) is 5.92 Å². The van der Waals surface area contributed by atoms with E-state index in [1.807, 2.05) is 4.90 Å². The summed E-state index contributed by atoms with van der Waals surface area (Å²) in [5, 5.41) is 12.2. The van der Waals surface area contributed by atoms with E-state index in [-0.39, 0.29) is 23.1 Å². The molecule has 0 atom stereocenters. The van der Waals surface area contributed by atoms with Crippen LogP contribution in [0.1, 0.15) is 38.5 Å². The quantitative estimate of drug-likeness (QED) is 0.814. The van der Waals surface area contributed by atoms with Gasteiger partial charge in [0, 0.05) is 24.7 Å². The third-order valence-corrected chi connectivity index (χ3v) is 6.33. The molecule has 2 N–H and O–H groups in total. The van der Waals surface area contributed by atoms with Gasteiger partial charge in [0.25, 0.3) is 0 Å². The van der Waals surface area contributed by atoms with Gasteiger partial charge in [-0.2, -0.15) is 0 Å². The molecule has 6 nitrogen and oxygen atoms in total. The van der Waals surface area contributed by atoms with E-state index in [4.69, 9.17) is 0 Å². The first kappa shape index (κ1) is 17.3. The molecule has 1 aromatic carbocycles. The molecular weight excluding hydrogens is 330 g/mol. The number of amides is 2. The van der Waals surface area contributed by atoms with Crippen molar-refractivity contribution >= 4 is 17.5 Å². The highest BCUT2D eigenvalue weighted by atomic mass is 16.3. The van der Waals surface area contributed by atoms with Gasteiger partial charge in [0.05, 0.1) is 0 Å². The van der Waals surface area contributed by atoms with Crippen LogP contribution < -0.4 is 5.32 Å². The minimum Gasteiger partial charge on any atom is -0.508 e. The first-order valence-corrected chi connectivity index (χ1v) is 9.73. The number of carbonyl (C=O) groups is 2. The Hall–Kier alpha value is -2.08. The Morgan fingerprint density at radius 2 is 1.62 bits per heavy atom. The van der Waals surface area contributed by atoms with Gasteiger partial charge in [-0.1, -0.05) is 0 Å². The molecule has 3 aliphatic heterocycles. The third kappa shape index (κ3) is 3.07. The maximum absolute atomic E-state index is 13.2. The predicted octanol–water partition coefficient (Wildman–Crippen LogP) is 2.20. The highest BCUT2D eigenvalue weighted by molar-refractivity contribution is 5.93. The lowest BCUT2D eigenvalue weighted by atomic mass is 9.89. The number of aromatic hydroxyl groups is 1. The summed E-state index contributed by atoms with van der Waals surface area (Å²) < 4.78 is 0. The number of phenols is 1. The number of hydrogen-bond donors (Lipinski definition) is 2. The second-order valence-electron chi connectivity index (χ2n) is 7.83. The Labute approximate surface area is 154 Å². The van der Waals surface area contributed by atoms with Gasteiger partial charge < -0.3 is 15.3 Å². The van der Waals surface area contributed by atoms with Crippen LogP contribution in [0.25, 0.3) is 0 Å². The molecule has 4 rings (SSSR count). The van der Waals surface area contributed by atoms with E-state index in [0.29, 0.717) is 37.5 Å². The fourth-order valence-corrected chi connectivity index (χ4v) is 4.88. The lowest BCUT2D eigenvalue weighted by molar-refractivity contribution is -0.143. The van der Waals surface area contributed by atoms with Crippen molar-refractivity contribution in [2.75, 3.05) is 31.5 Å². The number of benzene rings is 1. The van der Waals surface area contributed by atoms with Crippen molar-refractivity contribution in [3.63, 3.8) is 0 Å². The molecule has 6 heteroatoms. The highest BCUT2D eigenvalue weighted by Gasteiger charge is 2.51. The largest absolute Gasteiger partial charge is 0.508 e. The topological polar surface area (TPSA) is 72.9 Å². The molecule has 0 radical (unpaired) electrons. The zero-order chi connectivity index (χ0) is 18.1. The average Bonchev–Trinajstić information content (AvgIpc) is 3.24. The van der Waals surface area contributed by atoms with E-state index >= 15 is 0 Å². The summed E-state index contributed by atoms with van der Waals surface area (Å²) in [5.41, 5.74) is 0.457. The van der Waals surface area contributed by atoms with E-state index in [9.17, 15) is 14.7 Å². The van der Waals surface area contributed by atoms with Crippen LogP contribution in [0.15, 0.2) is 24.3 Å². The molecule has 140 valence electrons. The Morgan fingerprint density at radius 3 is 2.23 bits per heavy atom. The number of nitrogens with zero attached hydrogens (tertiary/aromatic N) is 2. The second kappa shape index (κ2) is 6.91. The lowest BCUT2D eigenvalue weighted by Crippen LogP contribution is -2.55. The normalized spacial score (nSPS) is 23.0. The average molecular weight is 357 g/mol. The molecule has 0 aliphatic carbocycles. The number of rotatable bonds is 3. The van der Waals surface area contributed by atoms with E-state index in [2.05, 4.69) is 10.2 Å². The number of piperidine rings is 1. The van der Waals surface area contributed by atoms with Gasteiger partial charge in [0.2, 0.25) is 11.8 Å². The van der Waals surface area contributed by atoms with Crippen LogP contribution in [-0.4, -0.2) is 58.4 Å². The molecule has 0 spiro atoms. The summed E-state index contributed by atoms with van der Waals surface area (Å²) in [6, 6.07) is 6.51. The van der Waals surface area contributed by atoms with E-state index in [0.717, 1.165) is 38.8 Å². The van der Waals surface area contributed by atoms with Crippen molar-refractivity contribution < 1.29 is 14.7 Å². The molecule has 3 aliphatic rings. The summed E-state index contributed by atoms with van der Waals surface area (Å²) >= 11 is 0. The fraction of sp³-hybridized carbons (Fsp3) is 0.600. The molecule has 0 bridgehead atoms. The number of hydrogen-bond acceptors (Lipinski definition) is 4. The van der Waals surface area contributed by atoms with E-state index in [1.165, 1.54) is 0 Å². The first-order chi connectivity index (χ1) is 12.6. The Kier molecular flexibility index (Phi) is 4.61. The van der Waals surface area contributed by atoms with Gasteiger partial charge in [-0.3, -0.25) is 14.5 Å². The number of nitrogens with one attached hydrogen (secondary N) is 1. The summed E-state index contributed by atoms with van der Waals surface area (Å²) in [5.74, 6) is 0.421. The molecule has 3 heterocycles. The molecule has 0 unspecified atom stereocenters. The standard InChI is InChI=1S/C20H27N3O3/c24-17-5-3-16(4-6-17)21-18(25)15-7-13-22(14-8-15)19(26)20-9-1-11-23(20)12-2-10-20/h3-6,15,24H,1-2,7-14H2,(H,21,25). The Balaban J connectivity index is 1.33.